The molecular formula is C20H19N5O. The molecule has 2 aromatic carbocycles. The molecule has 0 saturated carbocycles. The van der Waals surface area contributed by atoms with Gasteiger partial charge in [-0.05, 0) is 36.6 Å². The van der Waals surface area contributed by atoms with Crippen LogP contribution in [-0.4, -0.2) is 32.7 Å². The minimum atomic E-state index is -0.122. The van der Waals surface area contributed by atoms with Gasteiger partial charge in [-0.15, -0.1) is 0 Å². The van der Waals surface area contributed by atoms with E-state index >= 15 is 0 Å². The Hall–Kier alpha value is -3.28. The van der Waals surface area contributed by atoms with Crippen molar-refractivity contribution in [1.82, 2.24) is 20.1 Å². The van der Waals surface area contributed by atoms with Gasteiger partial charge in [0.05, 0.1) is 12.1 Å². The van der Waals surface area contributed by atoms with E-state index < -0.39 is 0 Å². The Morgan fingerprint density at radius 3 is 2.92 bits per heavy atom. The first-order valence-corrected chi connectivity index (χ1v) is 8.79. The zero-order chi connectivity index (χ0) is 17.7. The van der Waals surface area contributed by atoms with Crippen molar-refractivity contribution in [1.29, 1.82) is 0 Å². The summed E-state index contributed by atoms with van der Waals surface area (Å²) in [5.41, 5.74) is 5.78. The van der Waals surface area contributed by atoms with Gasteiger partial charge in [0, 0.05) is 28.5 Å². The van der Waals surface area contributed by atoms with Crippen LogP contribution >= 0.6 is 0 Å². The number of rotatable bonds is 1. The number of hydrogen-bond acceptors (Lipinski definition) is 2. The van der Waals surface area contributed by atoms with E-state index in [0.717, 1.165) is 23.0 Å². The SMILES string of the molecule is Cc1cccc2c3c([nH]c12)CN(C(=O)Nc1n[nH]c2ccccc12)CC3. The van der Waals surface area contributed by atoms with Crippen molar-refractivity contribution in [2.45, 2.75) is 19.9 Å². The number of aromatic nitrogens is 3. The van der Waals surface area contributed by atoms with E-state index in [2.05, 4.69) is 45.6 Å². The van der Waals surface area contributed by atoms with Crippen LogP contribution in [0.4, 0.5) is 10.6 Å². The molecule has 0 radical (unpaired) electrons. The standard InChI is InChI=1S/C20H19N5O/c1-12-5-4-7-14-13-9-10-25(11-17(13)21-18(12)14)20(26)22-19-15-6-2-3-8-16(15)23-24-19/h2-8,21H,9-11H2,1H3,(H2,22,23,24,26). The lowest BCUT2D eigenvalue weighted by Gasteiger charge is -2.27. The van der Waals surface area contributed by atoms with Gasteiger partial charge < -0.3 is 9.88 Å². The monoisotopic (exact) mass is 345 g/mol. The van der Waals surface area contributed by atoms with Gasteiger partial charge in [0.1, 0.15) is 0 Å². The fourth-order valence-corrected chi connectivity index (χ4v) is 3.82. The number of nitrogens with zero attached hydrogens (tertiary/aromatic N) is 2. The van der Waals surface area contributed by atoms with Gasteiger partial charge in [-0.25, -0.2) is 4.79 Å². The Balaban J connectivity index is 1.41. The van der Waals surface area contributed by atoms with Crippen LogP contribution in [0.5, 0.6) is 0 Å². The van der Waals surface area contributed by atoms with Crippen LogP contribution in [0.1, 0.15) is 16.8 Å². The molecule has 26 heavy (non-hydrogen) atoms. The smallest absolute Gasteiger partial charge is 0.323 e. The van der Waals surface area contributed by atoms with E-state index in [4.69, 9.17) is 0 Å². The predicted octanol–water partition coefficient (Wildman–Crippen LogP) is 3.94. The number of carbonyl (C=O) groups is 1. The first kappa shape index (κ1) is 15.0. The first-order valence-electron chi connectivity index (χ1n) is 8.79. The van der Waals surface area contributed by atoms with Crippen LogP contribution in [0.3, 0.4) is 0 Å². The molecule has 0 atom stereocenters. The zero-order valence-corrected chi connectivity index (χ0v) is 14.5. The maximum atomic E-state index is 12.7. The second kappa shape index (κ2) is 5.62. The Bertz CT molecular complexity index is 1140. The van der Waals surface area contributed by atoms with Gasteiger partial charge in [0.15, 0.2) is 5.82 Å². The number of carbonyl (C=O) groups excluding carboxylic acids is 1. The molecule has 1 aliphatic heterocycles. The molecule has 130 valence electrons. The summed E-state index contributed by atoms with van der Waals surface area (Å²) in [7, 11) is 0. The summed E-state index contributed by atoms with van der Waals surface area (Å²) in [4.78, 5) is 18.1. The largest absolute Gasteiger partial charge is 0.356 e. The Labute approximate surface area is 150 Å². The normalized spacial score (nSPS) is 14.0. The van der Waals surface area contributed by atoms with Crippen LogP contribution in [-0.2, 0) is 13.0 Å². The van der Waals surface area contributed by atoms with Gasteiger partial charge in [0.2, 0.25) is 0 Å². The van der Waals surface area contributed by atoms with Crippen molar-refractivity contribution in [3.8, 4) is 0 Å². The van der Waals surface area contributed by atoms with E-state index in [1.807, 2.05) is 29.2 Å². The maximum Gasteiger partial charge on any atom is 0.323 e. The third-order valence-corrected chi connectivity index (χ3v) is 5.20. The van der Waals surface area contributed by atoms with Gasteiger partial charge in [-0.3, -0.25) is 10.4 Å². The number of hydrogen-bond donors (Lipinski definition) is 3. The molecule has 0 spiro atoms. The molecule has 0 bridgehead atoms. The van der Waals surface area contributed by atoms with Crippen molar-refractivity contribution in [2.75, 3.05) is 11.9 Å². The number of anilines is 1. The van der Waals surface area contributed by atoms with Gasteiger partial charge in [0.25, 0.3) is 0 Å². The number of aromatic amines is 2. The molecule has 2 aromatic heterocycles. The molecule has 6 nitrogen and oxygen atoms in total. The molecule has 3 heterocycles. The van der Waals surface area contributed by atoms with E-state index in [0.29, 0.717) is 18.9 Å². The number of para-hydroxylation sites is 2. The summed E-state index contributed by atoms with van der Waals surface area (Å²) in [6, 6.07) is 14.0. The molecule has 0 saturated heterocycles. The average molecular weight is 345 g/mol. The second-order valence-electron chi connectivity index (χ2n) is 6.80. The van der Waals surface area contributed by atoms with Crippen molar-refractivity contribution in [3.63, 3.8) is 0 Å². The summed E-state index contributed by atoms with van der Waals surface area (Å²) in [6.07, 6.45) is 0.855. The fourth-order valence-electron chi connectivity index (χ4n) is 3.82. The Morgan fingerprint density at radius 2 is 2.00 bits per heavy atom. The van der Waals surface area contributed by atoms with Crippen LogP contribution in [0, 0.1) is 6.92 Å². The van der Waals surface area contributed by atoms with Crippen molar-refractivity contribution in [2.24, 2.45) is 0 Å². The molecule has 3 N–H and O–H groups in total. The highest BCUT2D eigenvalue weighted by Gasteiger charge is 2.25. The lowest BCUT2D eigenvalue weighted by molar-refractivity contribution is 0.206. The number of urea groups is 1. The van der Waals surface area contributed by atoms with Crippen molar-refractivity contribution in [3.05, 3.63) is 59.3 Å². The Kier molecular flexibility index (Phi) is 3.25. The number of fused-ring (bicyclic) bond motifs is 4. The molecule has 4 aromatic rings. The molecule has 1 aliphatic rings. The molecular weight excluding hydrogens is 326 g/mol. The van der Waals surface area contributed by atoms with E-state index in [1.54, 1.807) is 0 Å². The minimum Gasteiger partial charge on any atom is -0.356 e. The van der Waals surface area contributed by atoms with Crippen LogP contribution < -0.4 is 5.32 Å². The zero-order valence-electron chi connectivity index (χ0n) is 14.5. The molecule has 6 heteroatoms. The van der Waals surface area contributed by atoms with Gasteiger partial charge >= 0.3 is 6.03 Å². The Morgan fingerprint density at radius 1 is 1.15 bits per heavy atom. The number of benzene rings is 2. The maximum absolute atomic E-state index is 12.7. The number of aryl methyl sites for hydroxylation is 1. The molecule has 5 rings (SSSR count). The lowest BCUT2D eigenvalue weighted by atomic mass is 10.0. The second-order valence-corrected chi connectivity index (χ2v) is 6.80. The summed E-state index contributed by atoms with van der Waals surface area (Å²) in [5.74, 6) is 0.573. The molecule has 0 aliphatic carbocycles. The third kappa shape index (κ3) is 2.26. The van der Waals surface area contributed by atoms with Crippen molar-refractivity contribution >= 4 is 33.7 Å². The van der Waals surface area contributed by atoms with Crippen LogP contribution in [0.15, 0.2) is 42.5 Å². The first-order chi connectivity index (χ1) is 12.7. The molecule has 0 unspecified atom stereocenters. The van der Waals surface area contributed by atoms with Crippen LogP contribution in [0.25, 0.3) is 21.8 Å². The number of nitrogens with one attached hydrogen (secondary N) is 3. The number of H-pyrrole nitrogens is 2. The average Bonchev–Trinajstić information content (AvgIpc) is 3.24. The lowest BCUT2D eigenvalue weighted by Crippen LogP contribution is -2.38. The molecule has 0 fully saturated rings. The quantitative estimate of drug-likeness (QED) is 0.489. The van der Waals surface area contributed by atoms with E-state index in [-0.39, 0.29) is 6.03 Å². The third-order valence-electron chi connectivity index (χ3n) is 5.20. The predicted molar refractivity (Wildman–Crippen MR) is 102 cm³/mol. The number of amides is 2. The highest BCUT2D eigenvalue weighted by molar-refractivity contribution is 5.99. The van der Waals surface area contributed by atoms with E-state index in [1.165, 1.54) is 22.0 Å². The summed E-state index contributed by atoms with van der Waals surface area (Å²) in [6.45, 7) is 3.39. The minimum absolute atomic E-state index is 0.122. The highest BCUT2D eigenvalue weighted by atomic mass is 16.2. The molecule has 2 amide bonds. The van der Waals surface area contributed by atoms with Crippen molar-refractivity contribution < 1.29 is 4.79 Å². The summed E-state index contributed by atoms with van der Waals surface area (Å²) >= 11 is 0. The summed E-state index contributed by atoms with van der Waals surface area (Å²) in [5, 5.41) is 12.3. The fraction of sp³-hybridized carbons (Fsp3) is 0.200. The van der Waals surface area contributed by atoms with Gasteiger partial charge in [-0.2, -0.15) is 5.10 Å². The highest BCUT2D eigenvalue weighted by Crippen LogP contribution is 2.29. The summed E-state index contributed by atoms with van der Waals surface area (Å²) < 4.78 is 0. The van der Waals surface area contributed by atoms with Crippen LogP contribution in [0.2, 0.25) is 0 Å². The van der Waals surface area contributed by atoms with E-state index in [9.17, 15) is 4.79 Å². The topological polar surface area (TPSA) is 76.8 Å². The van der Waals surface area contributed by atoms with Gasteiger partial charge in [-0.1, -0.05) is 30.3 Å².